The second-order valence-electron chi connectivity index (χ2n) is 10.7. The van der Waals surface area contributed by atoms with Crippen LogP contribution in [0, 0.1) is 11.7 Å². The molecule has 2 aromatic carbocycles. The van der Waals surface area contributed by atoms with Gasteiger partial charge in [-0.1, -0.05) is 12.1 Å². The first-order valence-corrected chi connectivity index (χ1v) is 13.9. The Hall–Kier alpha value is -5.09. The summed E-state index contributed by atoms with van der Waals surface area (Å²) >= 11 is 0. The number of pyridine rings is 2. The highest BCUT2D eigenvalue weighted by atomic mass is 19.1. The number of nitrogens with zero attached hydrogens (tertiary/aromatic N) is 3. The predicted molar refractivity (Wildman–Crippen MR) is 160 cm³/mol. The number of piperidine rings is 1. The first-order valence-electron chi connectivity index (χ1n) is 13.9. The van der Waals surface area contributed by atoms with Gasteiger partial charge in [-0.15, -0.1) is 0 Å². The van der Waals surface area contributed by atoms with Crippen molar-refractivity contribution < 1.29 is 14.3 Å². The van der Waals surface area contributed by atoms with Crippen molar-refractivity contribution >= 4 is 33.5 Å². The number of hydrogen-bond acceptors (Lipinski definition) is 6. The van der Waals surface area contributed by atoms with Crippen molar-refractivity contribution in [2.75, 3.05) is 18.4 Å². The lowest BCUT2D eigenvalue weighted by atomic mass is 9.94. The number of amides is 1. The van der Waals surface area contributed by atoms with E-state index in [9.17, 15) is 14.3 Å². The number of hydrogen-bond donors (Lipinski definition) is 5. The topological polar surface area (TPSA) is 132 Å². The van der Waals surface area contributed by atoms with Gasteiger partial charge < -0.3 is 20.7 Å². The molecule has 1 amide bonds. The molecule has 6 aromatic rings. The van der Waals surface area contributed by atoms with Gasteiger partial charge in [0.05, 0.1) is 17.6 Å². The lowest BCUT2D eigenvalue weighted by Crippen LogP contribution is -2.30. The average Bonchev–Trinajstić information content (AvgIpc) is 3.61. The number of fused-ring (bicyclic) bond motifs is 2. The summed E-state index contributed by atoms with van der Waals surface area (Å²) in [5, 5.41) is 25.5. The van der Waals surface area contributed by atoms with Gasteiger partial charge in [-0.25, -0.2) is 9.37 Å². The third kappa shape index (κ3) is 5.08. The lowest BCUT2D eigenvalue weighted by Gasteiger charge is -2.21. The number of anilines is 1. The summed E-state index contributed by atoms with van der Waals surface area (Å²) in [6, 6.07) is 15.6. The summed E-state index contributed by atoms with van der Waals surface area (Å²) in [6.07, 6.45) is 7.67. The summed E-state index contributed by atoms with van der Waals surface area (Å²) in [5.41, 5.74) is 6.59. The Labute approximate surface area is 240 Å². The number of carbonyl (C=O) groups is 1. The molecule has 7 rings (SSSR count). The van der Waals surface area contributed by atoms with E-state index < -0.39 is 5.82 Å². The van der Waals surface area contributed by atoms with Gasteiger partial charge in [-0.2, -0.15) is 5.10 Å². The Morgan fingerprint density at radius 3 is 2.69 bits per heavy atom. The third-order valence-electron chi connectivity index (χ3n) is 7.82. The molecule has 210 valence electrons. The van der Waals surface area contributed by atoms with Crippen LogP contribution in [-0.4, -0.2) is 49.3 Å². The summed E-state index contributed by atoms with van der Waals surface area (Å²) in [5.74, 6) is -0.238. The van der Waals surface area contributed by atoms with Crippen LogP contribution in [0.4, 0.5) is 10.1 Å². The SMILES string of the molecule is O=C(CC1CCNCC1)Nc1cncc(-c2cnc3[nH]nc(-c4cc5c(-c6cc(O)cc(F)c6)cccc5[nH]4)c3c2)c1. The molecule has 0 aliphatic carbocycles. The first kappa shape index (κ1) is 25.8. The third-order valence-corrected chi connectivity index (χ3v) is 7.82. The largest absolute Gasteiger partial charge is 0.508 e. The highest BCUT2D eigenvalue weighted by Gasteiger charge is 2.18. The van der Waals surface area contributed by atoms with E-state index in [0.29, 0.717) is 34.9 Å². The Bertz CT molecular complexity index is 1920. The summed E-state index contributed by atoms with van der Waals surface area (Å²) in [6.45, 7) is 1.91. The van der Waals surface area contributed by atoms with E-state index in [1.807, 2.05) is 36.4 Å². The zero-order valence-corrected chi connectivity index (χ0v) is 22.6. The number of carbonyl (C=O) groups excluding carboxylic acids is 1. The molecule has 0 radical (unpaired) electrons. The standard InChI is InChI=1S/C32H28FN7O2/c33-22-9-19(11-24(41)13-22)25-2-1-3-28-26(25)14-29(38-28)31-27-12-21(16-36-32(27)40-39-31)20-10-23(17-35-15-20)37-30(42)8-18-4-6-34-7-5-18/h1-3,9-18,34,38,41H,4-8H2,(H,37,42)(H,36,39,40). The molecule has 4 aromatic heterocycles. The number of rotatable bonds is 6. The van der Waals surface area contributed by atoms with E-state index in [2.05, 4.69) is 35.8 Å². The number of aromatic hydroxyl groups is 1. The quantitative estimate of drug-likeness (QED) is 0.169. The van der Waals surface area contributed by atoms with Crippen molar-refractivity contribution in [1.29, 1.82) is 0 Å². The van der Waals surface area contributed by atoms with E-state index in [4.69, 9.17) is 0 Å². The maximum atomic E-state index is 14.1. The highest BCUT2D eigenvalue weighted by Crippen LogP contribution is 2.36. The second kappa shape index (κ2) is 10.7. The Kier molecular flexibility index (Phi) is 6.59. The minimum Gasteiger partial charge on any atom is -0.508 e. The minimum atomic E-state index is -0.505. The van der Waals surface area contributed by atoms with Crippen molar-refractivity contribution in [3.05, 3.63) is 79.0 Å². The van der Waals surface area contributed by atoms with Crippen LogP contribution in [0.3, 0.4) is 0 Å². The number of nitrogens with one attached hydrogen (secondary N) is 4. The summed E-state index contributed by atoms with van der Waals surface area (Å²) in [7, 11) is 0. The summed E-state index contributed by atoms with van der Waals surface area (Å²) in [4.78, 5) is 25.0. The van der Waals surface area contributed by atoms with E-state index in [0.717, 1.165) is 70.7 Å². The molecular formula is C32H28FN7O2. The fourth-order valence-electron chi connectivity index (χ4n) is 5.76. The van der Waals surface area contributed by atoms with Gasteiger partial charge in [0, 0.05) is 52.3 Å². The van der Waals surface area contributed by atoms with E-state index in [-0.39, 0.29) is 11.7 Å². The maximum Gasteiger partial charge on any atom is 0.224 e. The number of aromatic nitrogens is 5. The first-order chi connectivity index (χ1) is 20.5. The van der Waals surface area contributed by atoms with Crippen LogP contribution >= 0.6 is 0 Å². The average molecular weight is 562 g/mol. The van der Waals surface area contributed by atoms with Crippen LogP contribution in [0.5, 0.6) is 5.75 Å². The molecule has 1 aliphatic rings. The lowest BCUT2D eigenvalue weighted by molar-refractivity contribution is -0.117. The molecule has 1 fully saturated rings. The Balaban J connectivity index is 1.20. The van der Waals surface area contributed by atoms with E-state index >= 15 is 0 Å². The van der Waals surface area contributed by atoms with Crippen molar-refractivity contribution in [2.45, 2.75) is 19.3 Å². The van der Waals surface area contributed by atoms with Gasteiger partial charge in [-0.3, -0.25) is 14.9 Å². The van der Waals surface area contributed by atoms with Crippen LogP contribution in [0.1, 0.15) is 19.3 Å². The molecule has 0 saturated carbocycles. The van der Waals surface area contributed by atoms with Crippen LogP contribution < -0.4 is 10.6 Å². The number of H-pyrrole nitrogens is 2. The van der Waals surface area contributed by atoms with Crippen molar-refractivity contribution in [3.63, 3.8) is 0 Å². The zero-order chi connectivity index (χ0) is 28.6. The van der Waals surface area contributed by atoms with Crippen LogP contribution in [0.25, 0.3) is 55.6 Å². The Morgan fingerprint density at radius 2 is 1.83 bits per heavy atom. The molecule has 0 spiro atoms. The van der Waals surface area contributed by atoms with Gasteiger partial charge in [-0.05, 0) is 79.4 Å². The normalized spacial score (nSPS) is 14.0. The minimum absolute atomic E-state index is 0.00168. The molecule has 0 unspecified atom stereocenters. The van der Waals surface area contributed by atoms with Crippen LogP contribution in [-0.2, 0) is 4.79 Å². The maximum absolute atomic E-state index is 14.1. The zero-order valence-electron chi connectivity index (χ0n) is 22.6. The summed E-state index contributed by atoms with van der Waals surface area (Å²) < 4.78 is 14.1. The van der Waals surface area contributed by atoms with Gasteiger partial charge in [0.25, 0.3) is 0 Å². The molecule has 42 heavy (non-hydrogen) atoms. The Morgan fingerprint density at radius 1 is 0.976 bits per heavy atom. The monoisotopic (exact) mass is 561 g/mol. The van der Waals surface area contributed by atoms with Crippen molar-refractivity contribution in [1.82, 2.24) is 30.5 Å². The van der Waals surface area contributed by atoms with Crippen LogP contribution in [0.15, 0.2) is 73.2 Å². The van der Waals surface area contributed by atoms with Crippen molar-refractivity contribution in [2.24, 2.45) is 5.92 Å². The molecule has 1 saturated heterocycles. The van der Waals surface area contributed by atoms with Gasteiger partial charge in [0.2, 0.25) is 5.91 Å². The number of halogens is 1. The van der Waals surface area contributed by atoms with Gasteiger partial charge in [0.15, 0.2) is 5.65 Å². The van der Waals surface area contributed by atoms with E-state index in [1.54, 1.807) is 24.7 Å². The van der Waals surface area contributed by atoms with Crippen LogP contribution in [0.2, 0.25) is 0 Å². The van der Waals surface area contributed by atoms with E-state index in [1.165, 1.54) is 6.07 Å². The molecule has 9 nitrogen and oxygen atoms in total. The molecule has 1 aliphatic heterocycles. The number of phenolic OH excluding ortho intramolecular Hbond substituents is 1. The van der Waals surface area contributed by atoms with Gasteiger partial charge in [0.1, 0.15) is 17.3 Å². The molecule has 5 N–H and O–H groups in total. The van der Waals surface area contributed by atoms with Crippen molar-refractivity contribution in [3.8, 4) is 39.4 Å². The molecule has 5 heterocycles. The predicted octanol–water partition coefficient (Wildman–Crippen LogP) is 6.01. The second-order valence-corrected chi connectivity index (χ2v) is 10.7. The molecule has 0 atom stereocenters. The number of benzene rings is 2. The highest BCUT2D eigenvalue weighted by molar-refractivity contribution is 6.01. The van der Waals surface area contributed by atoms with Gasteiger partial charge >= 0.3 is 0 Å². The number of phenols is 1. The molecule has 10 heteroatoms. The molecular weight excluding hydrogens is 533 g/mol. The fourth-order valence-corrected chi connectivity index (χ4v) is 5.76. The number of aromatic amines is 2. The smallest absolute Gasteiger partial charge is 0.224 e. The molecule has 0 bridgehead atoms. The fraction of sp³-hybridized carbons (Fsp3) is 0.188.